The molecule has 1 N–H and O–H groups in total. The molecule has 2 aromatic carbocycles. The lowest BCUT2D eigenvalue weighted by atomic mass is 10.00. The molecule has 1 amide bonds. The summed E-state index contributed by atoms with van der Waals surface area (Å²) in [5, 5.41) is 12.9. The highest BCUT2D eigenvalue weighted by molar-refractivity contribution is 5.97. The minimum Gasteiger partial charge on any atom is -0.497 e. The van der Waals surface area contributed by atoms with E-state index in [0.29, 0.717) is 17.7 Å². The molecule has 0 aliphatic carbocycles. The van der Waals surface area contributed by atoms with Gasteiger partial charge in [-0.2, -0.15) is 5.26 Å². The molecule has 0 bridgehead atoms. The maximum Gasteiger partial charge on any atom is 0.251 e. The van der Waals surface area contributed by atoms with Crippen molar-refractivity contribution in [2.24, 2.45) is 0 Å². The molecule has 1 fully saturated rings. The number of ether oxygens (including phenoxy) is 2. The number of nitriles is 1. The Bertz CT molecular complexity index is 1040. The van der Waals surface area contributed by atoms with Crippen LogP contribution in [-0.2, 0) is 4.74 Å². The Hall–Kier alpha value is -3.34. The van der Waals surface area contributed by atoms with Crippen LogP contribution in [0.25, 0.3) is 11.6 Å². The fourth-order valence-corrected chi connectivity index (χ4v) is 3.89. The van der Waals surface area contributed by atoms with Gasteiger partial charge in [0, 0.05) is 56.1 Å². The molecule has 1 saturated heterocycles. The number of hydrogen-bond donors (Lipinski definition) is 1. The molecule has 7 heteroatoms. The first-order chi connectivity index (χ1) is 16.5. The highest BCUT2D eigenvalue weighted by atomic mass is 16.5. The van der Waals surface area contributed by atoms with E-state index in [1.165, 1.54) is 0 Å². The molecule has 1 aliphatic heterocycles. The average molecular weight is 463 g/mol. The fourth-order valence-electron chi connectivity index (χ4n) is 3.89. The van der Waals surface area contributed by atoms with Crippen LogP contribution in [0.1, 0.15) is 34.8 Å². The predicted octanol–water partition coefficient (Wildman–Crippen LogP) is 3.67. The van der Waals surface area contributed by atoms with E-state index in [4.69, 9.17) is 9.47 Å². The molecule has 0 unspecified atom stereocenters. The molecule has 7 nitrogen and oxygen atoms in total. The summed E-state index contributed by atoms with van der Waals surface area (Å²) >= 11 is 0. The van der Waals surface area contributed by atoms with Crippen molar-refractivity contribution in [1.29, 1.82) is 5.26 Å². The van der Waals surface area contributed by atoms with Crippen LogP contribution in [0.2, 0.25) is 0 Å². The van der Waals surface area contributed by atoms with E-state index in [1.807, 2.05) is 49.5 Å². The molecule has 0 radical (unpaired) electrons. The number of amides is 1. The van der Waals surface area contributed by atoms with Crippen LogP contribution in [-0.4, -0.2) is 70.9 Å². The van der Waals surface area contributed by atoms with Crippen LogP contribution in [0.4, 0.5) is 5.69 Å². The third-order valence-corrected chi connectivity index (χ3v) is 6.00. The average Bonchev–Trinajstić information content (AvgIpc) is 2.89. The maximum atomic E-state index is 12.7. The second-order valence-corrected chi connectivity index (χ2v) is 8.26. The topological polar surface area (TPSA) is 77.8 Å². The van der Waals surface area contributed by atoms with Crippen molar-refractivity contribution < 1.29 is 14.3 Å². The van der Waals surface area contributed by atoms with Crippen LogP contribution in [0, 0.1) is 11.3 Å². The molecule has 3 rings (SSSR count). The summed E-state index contributed by atoms with van der Waals surface area (Å²) < 4.78 is 10.7. The molecule has 34 heavy (non-hydrogen) atoms. The molecule has 0 aromatic heterocycles. The highest BCUT2D eigenvalue weighted by Crippen LogP contribution is 2.31. The Morgan fingerprint density at radius 1 is 1.26 bits per heavy atom. The van der Waals surface area contributed by atoms with E-state index in [0.717, 1.165) is 68.4 Å². The Balaban J connectivity index is 1.71. The minimum absolute atomic E-state index is 0.105. The number of nitrogens with one attached hydrogen (secondary N) is 1. The predicted molar refractivity (Wildman–Crippen MR) is 136 cm³/mol. The number of morpholine rings is 1. The van der Waals surface area contributed by atoms with Crippen molar-refractivity contribution in [3.8, 4) is 11.8 Å². The van der Waals surface area contributed by atoms with Crippen molar-refractivity contribution in [2.75, 3.05) is 65.0 Å². The van der Waals surface area contributed by atoms with Crippen molar-refractivity contribution in [3.05, 3.63) is 59.2 Å². The van der Waals surface area contributed by atoms with E-state index < -0.39 is 0 Å². The monoisotopic (exact) mass is 462 g/mol. The summed E-state index contributed by atoms with van der Waals surface area (Å²) in [5.74, 6) is 0.634. The third kappa shape index (κ3) is 6.83. The van der Waals surface area contributed by atoms with Gasteiger partial charge in [0.2, 0.25) is 0 Å². The van der Waals surface area contributed by atoms with Gasteiger partial charge in [-0.1, -0.05) is 12.1 Å². The lowest BCUT2D eigenvalue weighted by Crippen LogP contribution is -2.38. The number of carbonyl (C=O) groups excluding carboxylic acids is 1. The van der Waals surface area contributed by atoms with Gasteiger partial charge in [-0.05, 0) is 55.8 Å². The number of carbonyl (C=O) groups is 1. The lowest BCUT2D eigenvalue weighted by Gasteiger charge is -2.26. The minimum atomic E-state index is -0.105. The lowest BCUT2D eigenvalue weighted by molar-refractivity contribution is 0.0374. The van der Waals surface area contributed by atoms with Gasteiger partial charge in [0.15, 0.2) is 0 Å². The zero-order chi connectivity index (χ0) is 24.3. The molecule has 1 heterocycles. The van der Waals surface area contributed by atoms with E-state index in [1.54, 1.807) is 13.2 Å². The Morgan fingerprint density at radius 3 is 2.76 bits per heavy atom. The van der Waals surface area contributed by atoms with Crippen molar-refractivity contribution in [2.45, 2.75) is 13.3 Å². The number of allylic oxidation sites excluding steroid dienone is 1. The first-order valence-corrected chi connectivity index (χ1v) is 11.8. The second kappa shape index (κ2) is 12.8. The smallest absolute Gasteiger partial charge is 0.251 e. The first-order valence-electron chi connectivity index (χ1n) is 11.8. The first kappa shape index (κ1) is 25.3. The van der Waals surface area contributed by atoms with E-state index >= 15 is 0 Å². The molecule has 0 spiro atoms. The van der Waals surface area contributed by atoms with Crippen molar-refractivity contribution in [3.63, 3.8) is 0 Å². The second-order valence-electron chi connectivity index (χ2n) is 8.26. The zero-order valence-electron chi connectivity index (χ0n) is 20.3. The van der Waals surface area contributed by atoms with E-state index in [-0.39, 0.29) is 5.91 Å². The summed E-state index contributed by atoms with van der Waals surface area (Å²) in [6.45, 7) is 7.89. The molecular formula is C27H34N4O3. The molecule has 180 valence electrons. The number of nitrogens with zero attached hydrogens (tertiary/aromatic N) is 3. The quantitative estimate of drug-likeness (QED) is 0.330. The summed E-state index contributed by atoms with van der Waals surface area (Å²) in [6.07, 6.45) is 2.72. The van der Waals surface area contributed by atoms with Gasteiger partial charge in [-0.25, -0.2) is 0 Å². The zero-order valence-corrected chi connectivity index (χ0v) is 20.3. The van der Waals surface area contributed by atoms with Crippen LogP contribution in [0.15, 0.2) is 42.5 Å². The third-order valence-electron chi connectivity index (χ3n) is 6.00. The SMILES string of the molecule is CCN(C)c1cc(OC)ccc1/C(C#N)=C/c1cccc(C(=O)NCCCN2CCOCC2)c1. The van der Waals surface area contributed by atoms with E-state index in [9.17, 15) is 10.1 Å². The highest BCUT2D eigenvalue weighted by Gasteiger charge is 2.14. The van der Waals surface area contributed by atoms with Gasteiger partial charge in [0.05, 0.1) is 32.0 Å². The van der Waals surface area contributed by atoms with Gasteiger partial charge in [0.25, 0.3) is 5.91 Å². The molecule has 2 aromatic rings. The molecule has 1 aliphatic rings. The fraction of sp³-hybridized carbons (Fsp3) is 0.407. The van der Waals surface area contributed by atoms with Gasteiger partial charge >= 0.3 is 0 Å². The normalized spacial score (nSPS) is 14.4. The van der Waals surface area contributed by atoms with Crippen molar-refractivity contribution >= 4 is 23.2 Å². The summed E-state index contributed by atoms with van der Waals surface area (Å²) in [4.78, 5) is 17.1. The van der Waals surface area contributed by atoms with Crippen LogP contribution >= 0.6 is 0 Å². The summed E-state index contributed by atoms with van der Waals surface area (Å²) in [6, 6.07) is 15.4. The number of hydrogen-bond acceptors (Lipinski definition) is 6. The molecule has 0 atom stereocenters. The van der Waals surface area contributed by atoms with Gasteiger partial charge in [-0.3, -0.25) is 9.69 Å². The van der Waals surface area contributed by atoms with Crippen LogP contribution in [0.3, 0.4) is 0 Å². The summed E-state index contributed by atoms with van der Waals surface area (Å²) in [7, 11) is 3.61. The van der Waals surface area contributed by atoms with Crippen molar-refractivity contribution in [1.82, 2.24) is 10.2 Å². The Labute approximate surface area is 202 Å². The van der Waals surface area contributed by atoms with Crippen LogP contribution < -0.4 is 15.0 Å². The van der Waals surface area contributed by atoms with Crippen LogP contribution in [0.5, 0.6) is 5.75 Å². The Kier molecular flexibility index (Phi) is 9.51. The molecular weight excluding hydrogens is 428 g/mol. The Morgan fingerprint density at radius 2 is 2.06 bits per heavy atom. The molecule has 0 saturated carbocycles. The van der Waals surface area contributed by atoms with Gasteiger partial charge in [-0.15, -0.1) is 0 Å². The van der Waals surface area contributed by atoms with Gasteiger partial charge in [0.1, 0.15) is 5.75 Å². The van der Waals surface area contributed by atoms with E-state index in [2.05, 4.69) is 28.1 Å². The maximum absolute atomic E-state index is 12.7. The number of benzene rings is 2. The van der Waals surface area contributed by atoms with Gasteiger partial charge < -0.3 is 19.7 Å². The number of rotatable bonds is 10. The number of anilines is 1. The number of methoxy groups -OCH3 is 1. The summed E-state index contributed by atoms with van der Waals surface area (Å²) in [5.41, 5.74) is 3.66. The standard InChI is InChI=1S/C27H34N4O3/c1-4-30(2)26-19-24(33-3)9-10-25(26)23(20-28)18-21-7-5-8-22(17-21)27(32)29-11-6-12-31-13-15-34-16-14-31/h5,7-10,17-19H,4,6,11-16H2,1-3H3,(H,29,32)/b23-18+. The largest absolute Gasteiger partial charge is 0.497 e.